The second-order valence-electron chi connectivity index (χ2n) is 10.0. The molecule has 0 spiro atoms. The molecule has 0 unspecified atom stereocenters. The number of fused-ring (bicyclic) bond motifs is 3. The van der Waals surface area contributed by atoms with E-state index in [2.05, 4.69) is 29.6 Å². The number of alkyl carbamates (subject to hydrolysis) is 1. The fraction of sp³-hybridized carbons (Fsp3) is 0.464. The lowest BCUT2D eigenvalue weighted by atomic mass is 9.98. The number of ether oxygens (including phenoxy) is 1. The molecule has 5 rings (SSSR count). The fourth-order valence-electron chi connectivity index (χ4n) is 6.14. The predicted molar refractivity (Wildman–Crippen MR) is 131 cm³/mol. The molecule has 3 aliphatic rings. The van der Waals surface area contributed by atoms with Gasteiger partial charge in [0, 0.05) is 31.0 Å². The summed E-state index contributed by atoms with van der Waals surface area (Å²) < 4.78 is 5.67. The third-order valence-corrected chi connectivity index (χ3v) is 7.78. The van der Waals surface area contributed by atoms with Crippen molar-refractivity contribution in [1.29, 1.82) is 0 Å². The van der Waals surface area contributed by atoms with Crippen LogP contribution in [0.5, 0.6) is 0 Å². The van der Waals surface area contributed by atoms with Crippen molar-refractivity contribution in [3.05, 3.63) is 59.7 Å². The maximum absolute atomic E-state index is 12.8. The van der Waals surface area contributed by atoms with Crippen LogP contribution in [0.2, 0.25) is 0 Å². The van der Waals surface area contributed by atoms with E-state index in [0.717, 1.165) is 32.1 Å². The van der Waals surface area contributed by atoms with Gasteiger partial charge in [0.1, 0.15) is 6.61 Å². The number of carboxylic acid groups (broad SMARTS) is 1. The van der Waals surface area contributed by atoms with Crippen molar-refractivity contribution < 1.29 is 24.2 Å². The Kier molecular flexibility index (Phi) is 6.75. The third kappa shape index (κ3) is 5.04. The van der Waals surface area contributed by atoms with Crippen molar-refractivity contribution in [2.75, 3.05) is 13.2 Å². The van der Waals surface area contributed by atoms with Crippen molar-refractivity contribution in [2.24, 2.45) is 5.92 Å². The van der Waals surface area contributed by atoms with E-state index in [9.17, 15) is 14.4 Å². The monoisotopic (exact) mass is 476 g/mol. The maximum Gasteiger partial charge on any atom is 0.407 e. The van der Waals surface area contributed by atoms with Gasteiger partial charge in [-0.3, -0.25) is 9.59 Å². The van der Waals surface area contributed by atoms with Crippen molar-refractivity contribution in [3.8, 4) is 11.1 Å². The molecule has 2 amide bonds. The van der Waals surface area contributed by atoms with Gasteiger partial charge in [0.2, 0.25) is 5.91 Å². The van der Waals surface area contributed by atoms with E-state index in [1.54, 1.807) is 4.90 Å². The van der Waals surface area contributed by atoms with Crippen molar-refractivity contribution in [3.63, 3.8) is 0 Å². The summed E-state index contributed by atoms with van der Waals surface area (Å²) in [4.78, 5) is 38.2. The van der Waals surface area contributed by atoms with Crippen molar-refractivity contribution in [1.82, 2.24) is 10.2 Å². The molecule has 1 aliphatic heterocycles. The van der Waals surface area contributed by atoms with Gasteiger partial charge < -0.3 is 20.1 Å². The average Bonchev–Trinajstić information content (AvgIpc) is 3.55. The number of nitrogens with one attached hydrogen (secondary N) is 1. The predicted octanol–water partition coefficient (Wildman–Crippen LogP) is 4.55. The number of carbonyl (C=O) groups excluding carboxylic acids is 2. The highest BCUT2D eigenvalue weighted by atomic mass is 16.5. The largest absolute Gasteiger partial charge is 0.481 e. The van der Waals surface area contributed by atoms with E-state index in [-0.39, 0.29) is 42.9 Å². The van der Waals surface area contributed by atoms with Crippen molar-refractivity contribution in [2.45, 2.75) is 62.9 Å². The summed E-state index contributed by atoms with van der Waals surface area (Å²) in [7, 11) is 0. The van der Waals surface area contributed by atoms with Gasteiger partial charge in [-0.05, 0) is 60.3 Å². The van der Waals surface area contributed by atoms with Gasteiger partial charge in [0.25, 0.3) is 0 Å². The molecule has 2 aliphatic carbocycles. The van der Waals surface area contributed by atoms with Gasteiger partial charge in [-0.1, -0.05) is 48.5 Å². The number of amides is 2. The van der Waals surface area contributed by atoms with Crippen LogP contribution in [0.3, 0.4) is 0 Å². The van der Waals surface area contributed by atoms with Crippen LogP contribution < -0.4 is 5.32 Å². The topological polar surface area (TPSA) is 95.9 Å². The van der Waals surface area contributed by atoms with E-state index >= 15 is 0 Å². The van der Waals surface area contributed by atoms with Crippen LogP contribution >= 0.6 is 0 Å². The molecule has 7 nitrogen and oxygen atoms in total. The van der Waals surface area contributed by atoms with E-state index in [1.165, 1.54) is 22.3 Å². The first-order chi connectivity index (χ1) is 17.0. The van der Waals surface area contributed by atoms with Gasteiger partial charge >= 0.3 is 12.1 Å². The number of likely N-dealkylation sites (tertiary alicyclic amines) is 1. The van der Waals surface area contributed by atoms with Crippen LogP contribution in [0.1, 0.15) is 62.0 Å². The smallest absolute Gasteiger partial charge is 0.407 e. The molecule has 1 saturated carbocycles. The number of benzene rings is 2. The van der Waals surface area contributed by atoms with Crippen LogP contribution in [0, 0.1) is 5.92 Å². The highest BCUT2D eigenvalue weighted by molar-refractivity contribution is 5.79. The van der Waals surface area contributed by atoms with Gasteiger partial charge in [0.05, 0.1) is 6.42 Å². The number of hydrogen-bond acceptors (Lipinski definition) is 4. The minimum atomic E-state index is -0.858. The molecule has 2 fully saturated rings. The van der Waals surface area contributed by atoms with Gasteiger partial charge in [0.15, 0.2) is 0 Å². The molecule has 3 atom stereocenters. The normalized spacial score (nSPS) is 23.1. The van der Waals surface area contributed by atoms with Crippen LogP contribution in [0.4, 0.5) is 4.79 Å². The molecule has 0 radical (unpaired) electrons. The van der Waals surface area contributed by atoms with E-state index in [0.29, 0.717) is 13.0 Å². The lowest BCUT2D eigenvalue weighted by Gasteiger charge is -2.25. The van der Waals surface area contributed by atoms with E-state index in [4.69, 9.17) is 9.84 Å². The molecule has 2 aromatic carbocycles. The Morgan fingerprint density at radius 3 is 2.31 bits per heavy atom. The minimum absolute atomic E-state index is 0.00292. The summed E-state index contributed by atoms with van der Waals surface area (Å²) in [5.41, 5.74) is 4.76. The Morgan fingerprint density at radius 1 is 0.943 bits per heavy atom. The molecule has 1 saturated heterocycles. The summed E-state index contributed by atoms with van der Waals surface area (Å²) >= 11 is 0. The molecule has 2 N–H and O–H groups in total. The highest BCUT2D eigenvalue weighted by Gasteiger charge is 2.34. The summed E-state index contributed by atoms with van der Waals surface area (Å²) in [6.45, 7) is 0.930. The molecule has 2 aromatic rings. The van der Waals surface area contributed by atoms with Crippen LogP contribution in [0.25, 0.3) is 11.1 Å². The fourth-order valence-corrected chi connectivity index (χ4v) is 6.14. The summed E-state index contributed by atoms with van der Waals surface area (Å²) in [6, 6.07) is 16.3. The standard InChI is InChI=1S/C28H32N2O5/c31-26(30-13-5-6-20(30)16-27(32)33)15-18-11-12-19(14-18)29-28(34)35-17-25-23-9-3-1-7-21(23)22-8-2-4-10-24(22)25/h1-4,7-10,18-20,25H,5-6,11-17H2,(H,29,34)(H,32,33)/t18-,19+,20-/m0/s1. The summed E-state index contributed by atoms with van der Waals surface area (Å²) in [5.74, 6) is -0.586. The molecule has 1 heterocycles. The molecular weight excluding hydrogens is 444 g/mol. The van der Waals surface area contributed by atoms with Gasteiger partial charge in [-0.25, -0.2) is 4.79 Å². The zero-order chi connectivity index (χ0) is 24.4. The molecule has 35 heavy (non-hydrogen) atoms. The number of nitrogens with zero attached hydrogens (tertiary/aromatic N) is 1. The SMILES string of the molecule is O=C(O)C[C@@H]1CCCN1C(=O)C[C@H]1CC[C@@H](NC(=O)OCC2c3ccccc3-c3ccccc32)C1. The van der Waals surface area contributed by atoms with Crippen LogP contribution in [-0.4, -0.2) is 53.2 Å². The van der Waals surface area contributed by atoms with Crippen LogP contribution in [0.15, 0.2) is 48.5 Å². The molecule has 7 heteroatoms. The van der Waals surface area contributed by atoms with Gasteiger partial charge in [-0.15, -0.1) is 0 Å². The Labute approximate surface area is 205 Å². The second kappa shape index (κ2) is 10.1. The Balaban J connectivity index is 1.11. The zero-order valence-electron chi connectivity index (χ0n) is 19.8. The number of carboxylic acids is 1. The first-order valence-electron chi connectivity index (χ1n) is 12.6. The maximum atomic E-state index is 12.8. The lowest BCUT2D eigenvalue weighted by molar-refractivity contribution is -0.140. The number of hydrogen-bond donors (Lipinski definition) is 2. The van der Waals surface area contributed by atoms with Crippen LogP contribution in [-0.2, 0) is 14.3 Å². The Bertz CT molecular complexity index is 1070. The Hall–Kier alpha value is -3.35. The first-order valence-corrected chi connectivity index (χ1v) is 12.6. The first kappa shape index (κ1) is 23.4. The third-order valence-electron chi connectivity index (χ3n) is 7.78. The summed E-state index contributed by atoms with van der Waals surface area (Å²) in [6.07, 6.45) is 4.08. The zero-order valence-corrected chi connectivity index (χ0v) is 19.8. The molecule has 0 bridgehead atoms. The Morgan fingerprint density at radius 2 is 1.63 bits per heavy atom. The average molecular weight is 477 g/mol. The number of carbonyl (C=O) groups is 3. The minimum Gasteiger partial charge on any atom is -0.481 e. The number of aliphatic carboxylic acids is 1. The van der Waals surface area contributed by atoms with Crippen molar-refractivity contribution >= 4 is 18.0 Å². The lowest BCUT2D eigenvalue weighted by Crippen LogP contribution is -2.38. The molecule has 184 valence electrons. The van der Waals surface area contributed by atoms with Gasteiger partial charge in [-0.2, -0.15) is 0 Å². The second-order valence-corrected chi connectivity index (χ2v) is 10.0. The highest BCUT2D eigenvalue weighted by Crippen LogP contribution is 2.44. The number of rotatable bonds is 7. The molecule has 0 aromatic heterocycles. The van der Waals surface area contributed by atoms with E-state index < -0.39 is 12.1 Å². The quantitative estimate of drug-likeness (QED) is 0.611. The summed E-state index contributed by atoms with van der Waals surface area (Å²) in [5, 5.41) is 12.1. The molecular formula is C28H32N2O5. The van der Waals surface area contributed by atoms with E-state index in [1.807, 2.05) is 24.3 Å².